The third-order valence-electron chi connectivity index (χ3n) is 6.80. The number of halogens is 2. The van der Waals surface area contributed by atoms with Gasteiger partial charge < -0.3 is 14.1 Å². The van der Waals surface area contributed by atoms with Crippen LogP contribution in [0.25, 0.3) is 38.7 Å². The van der Waals surface area contributed by atoms with Gasteiger partial charge in [-0.3, -0.25) is 9.11 Å². The number of hydrogen-bond donors (Lipinski definition) is 2. The summed E-state index contributed by atoms with van der Waals surface area (Å²) in [5.74, 6) is -0.636. The number of fused-ring (bicyclic) bond motifs is 6. The van der Waals surface area contributed by atoms with E-state index in [-0.39, 0.29) is 24.7 Å². The van der Waals surface area contributed by atoms with Crippen LogP contribution >= 0.6 is 23.2 Å². The fraction of sp³-hybridized carbons (Fsp3) is 0.138. The maximum absolute atomic E-state index is 11.9. The van der Waals surface area contributed by atoms with Gasteiger partial charge in [0.2, 0.25) is 5.58 Å². The molecule has 0 fully saturated rings. The number of oxazole rings is 1. The first-order chi connectivity index (χ1) is 20.4. The molecule has 6 rings (SSSR count). The highest BCUT2D eigenvalue weighted by Crippen LogP contribution is 2.46. The molecule has 2 N–H and O–H groups in total. The Hall–Kier alpha value is -3.83. The van der Waals surface area contributed by atoms with Crippen LogP contribution in [-0.2, 0) is 26.1 Å². The van der Waals surface area contributed by atoms with E-state index in [1.165, 1.54) is 10.6 Å². The van der Waals surface area contributed by atoms with Gasteiger partial charge >= 0.3 is 16.0 Å². The molecule has 2 heterocycles. The van der Waals surface area contributed by atoms with Crippen LogP contribution in [0.15, 0.2) is 82.4 Å². The molecule has 14 heteroatoms. The average molecular weight is 661 g/mol. The Bertz CT molecular complexity index is 2290. The minimum Gasteiger partial charge on any atom is -0.430 e. The first-order valence-electron chi connectivity index (χ1n) is 12.7. The summed E-state index contributed by atoms with van der Waals surface area (Å²) >= 11 is 13.0. The minimum absolute atomic E-state index is 0.0232. The monoisotopic (exact) mass is 659 g/mol. The summed E-state index contributed by atoms with van der Waals surface area (Å²) in [6.45, 7) is 0.128. The second-order valence-electron chi connectivity index (χ2n) is 9.70. The zero-order valence-corrected chi connectivity index (χ0v) is 25.1. The molecule has 43 heavy (non-hydrogen) atoms. The SMILES string of the molecule is O=S(=O)(O)CCCN1C(=C=C=Cc2oc3c4ccccc4c(Cl)cc3[n+]2CS(=O)(=O)O)Oc2c1cc(Cl)c1ccccc21. The smallest absolute Gasteiger partial charge is 0.383 e. The Morgan fingerprint density at radius 2 is 1.51 bits per heavy atom. The first-order valence-corrected chi connectivity index (χ1v) is 16.7. The molecule has 0 atom stereocenters. The zero-order valence-electron chi connectivity index (χ0n) is 22.0. The zero-order chi connectivity index (χ0) is 30.5. The molecular formula is C29H21Cl2N2O8S2+. The molecule has 0 aliphatic carbocycles. The molecule has 0 saturated carbocycles. The van der Waals surface area contributed by atoms with Gasteiger partial charge in [0.05, 0.1) is 21.5 Å². The van der Waals surface area contributed by atoms with Gasteiger partial charge in [0, 0.05) is 34.2 Å². The molecule has 4 aromatic carbocycles. The highest BCUT2D eigenvalue weighted by molar-refractivity contribution is 7.85. The Morgan fingerprint density at radius 1 is 0.884 bits per heavy atom. The van der Waals surface area contributed by atoms with Gasteiger partial charge in [-0.2, -0.15) is 16.8 Å². The quantitative estimate of drug-likeness (QED) is 0.123. The normalized spacial score (nSPS) is 13.3. The lowest BCUT2D eigenvalue weighted by atomic mass is 10.1. The van der Waals surface area contributed by atoms with Crippen molar-refractivity contribution in [1.29, 1.82) is 0 Å². The van der Waals surface area contributed by atoms with E-state index in [4.69, 9.17) is 32.4 Å². The van der Waals surface area contributed by atoms with Crippen LogP contribution in [0, 0.1) is 0 Å². The van der Waals surface area contributed by atoms with Crippen molar-refractivity contribution in [2.75, 3.05) is 17.2 Å². The van der Waals surface area contributed by atoms with Crippen LogP contribution in [0.1, 0.15) is 12.3 Å². The number of ether oxygens (including phenoxy) is 1. The van der Waals surface area contributed by atoms with Gasteiger partial charge in [0.1, 0.15) is 6.08 Å². The maximum Gasteiger partial charge on any atom is 0.383 e. The summed E-state index contributed by atoms with van der Waals surface area (Å²) in [5, 5.41) is 3.63. The molecule has 0 unspecified atom stereocenters. The van der Waals surface area contributed by atoms with E-state index in [0.717, 1.165) is 10.8 Å². The Kier molecular flexibility index (Phi) is 7.50. The van der Waals surface area contributed by atoms with E-state index in [1.54, 1.807) is 35.2 Å². The molecule has 5 aromatic rings. The molecule has 10 nitrogen and oxygen atoms in total. The number of anilines is 1. The topological polar surface area (TPSA) is 138 Å². The van der Waals surface area contributed by atoms with Gasteiger partial charge in [-0.15, -0.1) is 4.57 Å². The van der Waals surface area contributed by atoms with E-state index >= 15 is 0 Å². The number of aromatic nitrogens is 1. The number of rotatable bonds is 7. The van der Waals surface area contributed by atoms with E-state index in [9.17, 15) is 25.9 Å². The lowest BCUT2D eigenvalue weighted by molar-refractivity contribution is -0.658. The van der Waals surface area contributed by atoms with E-state index in [2.05, 4.69) is 11.5 Å². The molecule has 1 aliphatic heterocycles. The van der Waals surface area contributed by atoms with Crippen molar-refractivity contribution in [2.45, 2.75) is 12.3 Å². The highest BCUT2D eigenvalue weighted by atomic mass is 35.5. The first kappa shape index (κ1) is 29.3. The van der Waals surface area contributed by atoms with Crippen molar-refractivity contribution in [2.24, 2.45) is 0 Å². The van der Waals surface area contributed by atoms with Crippen LogP contribution < -0.4 is 14.2 Å². The van der Waals surface area contributed by atoms with Crippen LogP contribution in [-0.4, -0.2) is 38.2 Å². The van der Waals surface area contributed by atoms with E-state index in [1.807, 2.05) is 30.3 Å². The molecule has 1 aromatic heterocycles. The van der Waals surface area contributed by atoms with Gasteiger partial charge in [0.25, 0.3) is 27.4 Å². The highest BCUT2D eigenvalue weighted by Gasteiger charge is 2.30. The molecule has 0 spiro atoms. The summed E-state index contributed by atoms with van der Waals surface area (Å²) in [6, 6.07) is 17.8. The molecule has 0 amide bonds. The van der Waals surface area contributed by atoms with Crippen LogP contribution in [0.2, 0.25) is 10.0 Å². The minimum atomic E-state index is -4.49. The second kappa shape index (κ2) is 11.0. The molecule has 1 aliphatic rings. The maximum atomic E-state index is 11.9. The summed E-state index contributed by atoms with van der Waals surface area (Å²) in [4.78, 5) is 1.65. The van der Waals surface area contributed by atoms with Gasteiger partial charge in [0.15, 0.2) is 5.75 Å². The predicted molar refractivity (Wildman–Crippen MR) is 163 cm³/mol. The number of benzene rings is 4. The van der Waals surface area contributed by atoms with E-state index in [0.29, 0.717) is 43.4 Å². The lowest BCUT2D eigenvalue weighted by Gasteiger charge is -2.16. The molecule has 0 radical (unpaired) electrons. The summed E-state index contributed by atoms with van der Waals surface area (Å²) < 4.78 is 78.9. The van der Waals surface area contributed by atoms with Gasteiger partial charge in [-0.05, 0) is 18.2 Å². The van der Waals surface area contributed by atoms with Crippen LogP contribution in [0.4, 0.5) is 5.69 Å². The van der Waals surface area contributed by atoms with Gasteiger partial charge in [-0.25, -0.2) is 0 Å². The third kappa shape index (κ3) is 5.88. The lowest BCUT2D eigenvalue weighted by Crippen LogP contribution is -2.39. The fourth-order valence-electron chi connectivity index (χ4n) is 5.02. The molecule has 0 bridgehead atoms. The summed E-state index contributed by atoms with van der Waals surface area (Å²) in [6.07, 6.45) is 1.39. The molecule has 0 saturated heterocycles. The van der Waals surface area contributed by atoms with Crippen LogP contribution in [0.3, 0.4) is 0 Å². The Balaban J connectivity index is 1.51. The molecule has 220 valence electrons. The van der Waals surface area contributed by atoms with Crippen molar-refractivity contribution < 1.29 is 39.7 Å². The second-order valence-corrected chi connectivity index (χ2v) is 13.5. The van der Waals surface area contributed by atoms with Crippen molar-refractivity contribution >= 4 is 87.8 Å². The average Bonchev–Trinajstić information content (AvgIpc) is 3.45. The fourth-order valence-corrected chi connectivity index (χ4v) is 6.64. The molecular weight excluding hydrogens is 639 g/mol. The number of nitrogens with zero attached hydrogens (tertiary/aromatic N) is 2. The van der Waals surface area contributed by atoms with Crippen molar-refractivity contribution in [1.82, 2.24) is 0 Å². The van der Waals surface area contributed by atoms with Crippen molar-refractivity contribution in [3.8, 4) is 5.75 Å². The largest absolute Gasteiger partial charge is 0.430 e. The standard InChI is InChI=1S/C29H20Cl2N2O8S2/c30-22-15-24-28(20-9-3-1-7-18(20)22)40-26(32(24)13-6-14-42(34,35)36)11-5-12-27-33(17-43(37,38)39)25-16-23(31)19-8-2-4-10-21(19)29(25)41-27/h1-4,7-10,12,15-16H,6,13-14,17H2,(H-,34,35,36,37,38,39)/p+1. The van der Waals surface area contributed by atoms with Crippen molar-refractivity contribution in [3.05, 3.63) is 93.9 Å². The summed E-state index contributed by atoms with van der Waals surface area (Å²) in [5.41, 5.74) is 6.96. The Labute approximate surface area is 255 Å². The third-order valence-corrected chi connectivity index (χ3v) is 8.81. The van der Waals surface area contributed by atoms with Crippen LogP contribution in [0.5, 0.6) is 5.75 Å². The van der Waals surface area contributed by atoms with Gasteiger partial charge in [-0.1, -0.05) is 77.5 Å². The predicted octanol–water partition coefficient (Wildman–Crippen LogP) is 5.96. The van der Waals surface area contributed by atoms with E-state index < -0.39 is 31.9 Å². The number of hydrogen-bond acceptors (Lipinski definition) is 7. The summed E-state index contributed by atoms with van der Waals surface area (Å²) in [7, 11) is -8.69. The Morgan fingerprint density at radius 3 is 2.19 bits per heavy atom. The van der Waals surface area contributed by atoms with Crippen molar-refractivity contribution in [3.63, 3.8) is 0 Å².